The Hall–Kier alpha value is -2.51. The molecule has 0 radical (unpaired) electrons. The van der Waals surface area contributed by atoms with E-state index in [1.807, 2.05) is 0 Å². The van der Waals surface area contributed by atoms with Crippen molar-refractivity contribution >= 4 is 46.5 Å². The molecular formula is C15H10ClFN2O3S. The van der Waals surface area contributed by atoms with Crippen molar-refractivity contribution in [3.63, 3.8) is 0 Å². The molecule has 0 aliphatic heterocycles. The highest BCUT2D eigenvalue weighted by Gasteiger charge is 2.11. The molecule has 0 aromatic heterocycles. The molecule has 0 bridgehead atoms. The minimum Gasteiger partial charge on any atom is -0.478 e. The van der Waals surface area contributed by atoms with Crippen LogP contribution in [0, 0.1) is 5.82 Å². The number of anilines is 1. The third-order valence-corrected chi connectivity index (χ3v) is 3.29. The molecule has 0 saturated carbocycles. The molecule has 0 aliphatic carbocycles. The molecular weight excluding hydrogens is 343 g/mol. The van der Waals surface area contributed by atoms with Crippen LogP contribution < -0.4 is 10.6 Å². The van der Waals surface area contributed by atoms with E-state index in [-0.39, 0.29) is 21.3 Å². The smallest absolute Gasteiger partial charge is 0.337 e. The summed E-state index contributed by atoms with van der Waals surface area (Å²) in [7, 11) is 0. The number of carboxylic acid groups (broad SMARTS) is 1. The summed E-state index contributed by atoms with van der Waals surface area (Å²) < 4.78 is 13.1. The number of amides is 1. The summed E-state index contributed by atoms with van der Waals surface area (Å²) in [4.78, 5) is 22.8. The van der Waals surface area contributed by atoms with Gasteiger partial charge in [0, 0.05) is 11.3 Å². The third kappa shape index (κ3) is 4.48. The first-order valence-electron chi connectivity index (χ1n) is 6.27. The predicted molar refractivity (Wildman–Crippen MR) is 88.5 cm³/mol. The third-order valence-electron chi connectivity index (χ3n) is 2.77. The van der Waals surface area contributed by atoms with E-state index >= 15 is 0 Å². The van der Waals surface area contributed by atoms with E-state index in [2.05, 4.69) is 10.6 Å². The predicted octanol–water partition coefficient (Wildman–Crippen LogP) is 3.30. The van der Waals surface area contributed by atoms with Crippen molar-refractivity contribution in [1.82, 2.24) is 5.32 Å². The summed E-state index contributed by atoms with van der Waals surface area (Å²) >= 11 is 10.8. The van der Waals surface area contributed by atoms with Crippen molar-refractivity contribution in [1.29, 1.82) is 0 Å². The van der Waals surface area contributed by atoms with Gasteiger partial charge in [-0.2, -0.15) is 0 Å². The van der Waals surface area contributed by atoms with Gasteiger partial charge in [0.25, 0.3) is 5.91 Å². The molecule has 0 unspecified atom stereocenters. The summed E-state index contributed by atoms with van der Waals surface area (Å²) in [6.07, 6.45) is 0. The molecule has 23 heavy (non-hydrogen) atoms. The maximum atomic E-state index is 13.1. The lowest BCUT2D eigenvalue weighted by atomic mass is 10.2. The summed E-state index contributed by atoms with van der Waals surface area (Å²) in [5, 5.41) is 14.0. The lowest BCUT2D eigenvalue weighted by Crippen LogP contribution is -2.34. The quantitative estimate of drug-likeness (QED) is 0.739. The standard InChI is InChI=1S/C15H10ClFN2O3S/c16-12-7-10(4-5-11(12)14(21)22)18-15(23)19-13(20)8-2-1-3-9(17)6-8/h1-7H,(H,21,22)(H2,18,19,20,23). The molecule has 118 valence electrons. The van der Waals surface area contributed by atoms with Gasteiger partial charge in [-0.3, -0.25) is 10.1 Å². The number of aromatic carboxylic acids is 1. The van der Waals surface area contributed by atoms with Gasteiger partial charge in [-0.05, 0) is 48.6 Å². The van der Waals surface area contributed by atoms with Crippen LogP contribution in [-0.2, 0) is 0 Å². The van der Waals surface area contributed by atoms with Gasteiger partial charge in [-0.25, -0.2) is 9.18 Å². The minimum absolute atomic E-state index is 0.0293. The molecule has 0 heterocycles. The molecule has 2 aromatic carbocycles. The zero-order valence-corrected chi connectivity index (χ0v) is 13.0. The van der Waals surface area contributed by atoms with Gasteiger partial charge in [-0.15, -0.1) is 0 Å². The zero-order chi connectivity index (χ0) is 17.0. The number of hydrogen-bond donors (Lipinski definition) is 3. The fourth-order valence-electron chi connectivity index (χ4n) is 1.73. The van der Waals surface area contributed by atoms with Crippen LogP contribution in [0.5, 0.6) is 0 Å². The molecule has 0 fully saturated rings. The number of carbonyl (C=O) groups excluding carboxylic acids is 1. The van der Waals surface area contributed by atoms with Crippen molar-refractivity contribution in [3.05, 3.63) is 64.4 Å². The largest absolute Gasteiger partial charge is 0.478 e. The van der Waals surface area contributed by atoms with E-state index < -0.39 is 17.7 Å². The number of hydrogen-bond acceptors (Lipinski definition) is 3. The second kappa shape index (κ2) is 7.17. The number of carboxylic acids is 1. The van der Waals surface area contributed by atoms with Crippen LogP contribution in [0.4, 0.5) is 10.1 Å². The highest BCUT2D eigenvalue weighted by Crippen LogP contribution is 2.21. The van der Waals surface area contributed by atoms with E-state index in [9.17, 15) is 14.0 Å². The van der Waals surface area contributed by atoms with E-state index in [0.29, 0.717) is 5.69 Å². The van der Waals surface area contributed by atoms with Gasteiger partial charge in [0.05, 0.1) is 10.6 Å². The lowest BCUT2D eigenvalue weighted by Gasteiger charge is -2.10. The first-order chi connectivity index (χ1) is 10.9. The molecule has 1 amide bonds. The molecule has 0 atom stereocenters. The van der Waals surface area contributed by atoms with Crippen LogP contribution in [0.1, 0.15) is 20.7 Å². The molecule has 5 nitrogen and oxygen atoms in total. The van der Waals surface area contributed by atoms with Crippen LogP contribution in [0.3, 0.4) is 0 Å². The molecule has 2 aromatic rings. The average molecular weight is 353 g/mol. The first kappa shape index (κ1) is 16.9. The molecule has 0 spiro atoms. The van der Waals surface area contributed by atoms with Crippen LogP contribution in [0.15, 0.2) is 42.5 Å². The Labute approximate surface area is 141 Å². The van der Waals surface area contributed by atoms with Crippen molar-refractivity contribution in [2.24, 2.45) is 0 Å². The lowest BCUT2D eigenvalue weighted by molar-refractivity contribution is 0.0697. The van der Waals surface area contributed by atoms with Crippen molar-refractivity contribution in [3.8, 4) is 0 Å². The summed E-state index contributed by atoms with van der Waals surface area (Å²) in [6, 6.07) is 9.28. The Bertz CT molecular complexity index is 798. The van der Waals surface area contributed by atoms with Gasteiger partial charge in [-0.1, -0.05) is 17.7 Å². The maximum Gasteiger partial charge on any atom is 0.337 e. The van der Waals surface area contributed by atoms with E-state index in [0.717, 1.165) is 6.07 Å². The second-order valence-electron chi connectivity index (χ2n) is 4.42. The monoisotopic (exact) mass is 352 g/mol. The van der Waals surface area contributed by atoms with E-state index in [1.165, 1.54) is 36.4 Å². The summed E-state index contributed by atoms with van der Waals surface area (Å²) in [5.74, 6) is -2.26. The highest BCUT2D eigenvalue weighted by atomic mass is 35.5. The van der Waals surface area contributed by atoms with Gasteiger partial charge >= 0.3 is 5.97 Å². The first-order valence-corrected chi connectivity index (χ1v) is 7.06. The normalized spacial score (nSPS) is 10.0. The fourth-order valence-corrected chi connectivity index (χ4v) is 2.21. The van der Waals surface area contributed by atoms with Gasteiger partial charge in [0.2, 0.25) is 0 Å². The number of carbonyl (C=O) groups is 2. The SMILES string of the molecule is O=C(NC(=S)Nc1ccc(C(=O)O)c(Cl)c1)c1cccc(F)c1. The zero-order valence-electron chi connectivity index (χ0n) is 11.5. The topological polar surface area (TPSA) is 78.4 Å². The molecule has 2 rings (SSSR count). The maximum absolute atomic E-state index is 13.1. The van der Waals surface area contributed by atoms with Crippen LogP contribution >= 0.6 is 23.8 Å². The fraction of sp³-hybridized carbons (Fsp3) is 0. The number of halogens is 2. The molecule has 3 N–H and O–H groups in total. The Morgan fingerprint density at radius 3 is 2.52 bits per heavy atom. The molecule has 0 aliphatic rings. The Kier molecular flexibility index (Phi) is 5.25. The van der Waals surface area contributed by atoms with Crippen molar-refractivity contribution < 1.29 is 19.1 Å². The van der Waals surface area contributed by atoms with Crippen LogP contribution in [-0.4, -0.2) is 22.1 Å². The van der Waals surface area contributed by atoms with E-state index in [1.54, 1.807) is 0 Å². The van der Waals surface area contributed by atoms with Crippen molar-refractivity contribution in [2.75, 3.05) is 5.32 Å². The van der Waals surface area contributed by atoms with Gasteiger partial charge in [0.1, 0.15) is 5.82 Å². The summed E-state index contributed by atoms with van der Waals surface area (Å²) in [5.41, 5.74) is 0.477. The highest BCUT2D eigenvalue weighted by molar-refractivity contribution is 7.80. The van der Waals surface area contributed by atoms with Crippen molar-refractivity contribution in [2.45, 2.75) is 0 Å². The van der Waals surface area contributed by atoms with Gasteiger partial charge < -0.3 is 10.4 Å². The second-order valence-corrected chi connectivity index (χ2v) is 5.23. The molecule has 8 heteroatoms. The van der Waals surface area contributed by atoms with Crippen LogP contribution in [0.2, 0.25) is 5.02 Å². The number of thiocarbonyl (C=S) groups is 1. The van der Waals surface area contributed by atoms with E-state index in [4.69, 9.17) is 28.9 Å². The average Bonchev–Trinajstić information content (AvgIpc) is 2.46. The number of rotatable bonds is 3. The Balaban J connectivity index is 2.03. The van der Waals surface area contributed by atoms with Gasteiger partial charge in [0.15, 0.2) is 5.11 Å². The molecule has 0 saturated heterocycles. The Morgan fingerprint density at radius 2 is 1.91 bits per heavy atom. The van der Waals surface area contributed by atoms with Crippen LogP contribution in [0.25, 0.3) is 0 Å². The summed E-state index contributed by atoms with van der Waals surface area (Å²) in [6.45, 7) is 0. The minimum atomic E-state index is -1.15. The number of benzene rings is 2. The Morgan fingerprint density at radius 1 is 1.17 bits per heavy atom. The number of nitrogens with one attached hydrogen (secondary N) is 2.